The fourth-order valence-corrected chi connectivity index (χ4v) is 3.73. The molecule has 0 saturated carbocycles. The van der Waals surface area contributed by atoms with Crippen molar-refractivity contribution in [3.63, 3.8) is 0 Å². The lowest BCUT2D eigenvalue weighted by Gasteiger charge is -2.26. The van der Waals surface area contributed by atoms with E-state index in [0.717, 1.165) is 41.9 Å². The van der Waals surface area contributed by atoms with Crippen LogP contribution in [-0.2, 0) is 12.0 Å². The summed E-state index contributed by atoms with van der Waals surface area (Å²) in [5.74, 6) is 0.360. The maximum absolute atomic E-state index is 12.9. The number of rotatable bonds is 8. The van der Waals surface area contributed by atoms with Gasteiger partial charge in [0.1, 0.15) is 5.75 Å². The van der Waals surface area contributed by atoms with Crippen LogP contribution in [0.25, 0.3) is 0 Å². The first kappa shape index (κ1) is 23.7. The number of carbonyl (C=O) groups is 1. The molecule has 0 unspecified atom stereocenters. The molecule has 1 aromatic heterocycles. The van der Waals surface area contributed by atoms with Crippen LogP contribution in [0.3, 0.4) is 0 Å². The maximum atomic E-state index is 12.9. The summed E-state index contributed by atoms with van der Waals surface area (Å²) in [6.45, 7) is 13.1. The summed E-state index contributed by atoms with van der Waals surface area (Å²) in [6, 6.07) is 7.49. The van der Waals surface area contributed by atoms with Crippen molar-refractivity contribution in [3.8, 4) is 5.75 Å². The van der Waals surface area contributed by atoms with E-state index in [1.807, 2.05) is 29.6 Å². The number of phenolic OH excluding ortho intramolecular Hbond substituents is 1. The Balaban J connectivity index is 0.00000364. The van der Waals surface area contributed by atoms with E-state index in [9.17, 15) is 9.90 Å². The summed E-state index contributed by atoms with van der Waals surface area (Å²) in [5.41, 5.74) is 2.11. The Labute approximate surface area is 173 Å². The number of phenols is 1. The number of ketones is 1. The van der Waals surface area contributed by atoms with E-state index >= 15 is 0 Å². The molecular formula is C22H32ClNO2S. The second-order valence-electron chi connectivity index (χ2n) is 7.81. The minimum atomic E-state index is -0.231. The molecule has 0 amide bonds. The molecule has 0 bridgehead atoms. The highest BCUT2D eigenvalue weighted by Gasteiger charge is 2.24. The van der Waals surface area contributed by atoms with Crippen molar-refractivity contribution in [1.29, 1.82) is 0 Å². The summed E-state index contributed by atoms with van der Waals surface area (Å²) in [6.07, 6.45) is 2.28. The lowest BCUT2D eigenvalue weighted by atomic mass is 9.83. The number of hydrogen-bond donors (Lipinski definition) is 1. The standard InChI is InChI=1S/C22H31NO2S.ClH/c1-6-8-11-23(7-2)15-17-13-16(21(25)19-10-9-12-26-19)14-18(20(17)24)22(3,4)5;/h9-10,12-14,24H,6-8,11,15H2,1-5H3;1H. The third-order valence-electron chi connectivity index (χ3n) is 4.67. The molecule has 5 heteroatoms. The van der Waals surface area contributed by atoms with Crippen molar-refractivity contribution in [2.75, 3.05) is 13.1 Å². The first-order valence-corrected chi connectivity index (χ1v) is 10.3. The zero-order valence-corrected chi connectivity index (χ0v) is 18.7. The molecule has 3 nitrogen and oxygen atoms in total. The first-order chi connectivity index (χ1) is 12.3. The summed E-state index contributed by atoms with van der Waals surface area (Å²) in [7, 11) is 0. The van der Waals surface area contributed by atoms with Gasteiger partial charge in [0, 0.05) is 23.2 Å². The van der Waals surface area contributed by atoms with Crippen LogP contribution in [0, 0.1) is 0 Å². The molecule has 0 radical (unpaired) electrons. The molecule has 0 spiro atoms. The van der Waals surface area contributed by atoms with Crippen molar-refractivity contribution < 1.29 is 9.90 Å². The Bertz CT molecular complexity index is 736. The van der Waals surface area contributed by atoms with Gasteiger partial charge in [-0.15, -0.1) is 23.7 Å². The maximum Gasteiger partial charge on any atom is 0.202 e. The molecule has 2 rings (SSSR count). The molecule has 0 aliphatic carbocycles. The number of thiophene rings is 1. The van der Waals surface area contributed by atoms with Crippen molar-refractivity contribution in [1.82, 2.24) is 4.90 Å². The van der Waals surface area contributed by atoms with Gasteiger partial charge in [-0.2, -0.15) is 0 Å². The van der Waals surface area contributed by atoms with Gasteiger partial charge in [0.05, 0.1) is 4.88 Å². The molecular weight excluding hydrogens is 378 g/mol. The average Bonchev–Trinajstić information content (AvgIpc) is 3.12. The van der Waals surface area contributed by atoms with Gasteiger partial charge in [-0.05, 0) is 48.5 Å². The summed E-state index contributed by atoms with van der Waals surface area (Å²) in [4.78, 5) is 16.0. The topological polar surface area (TPSA) is 40.5 Å². The molecule has 0 saturated heterocycles. The molecule has 0 fully saturated rings. The molecule has 1 aromatic carbocycles. The minimum Gasteiger partial charge on any atom is -0.507 e. The molecule has 0 aliphatic heterocycles. The van der Waals surface area contributed by atoms with Gasteiger partial charge in [-0.1, -0.05) is 47.1 Å². The minimum absolute atomic E-state index is 0. The van der Waals surface area contributed by atoms with Crippen LogP contribution in [0.2, 0.25) is 0 Å². The van der Waals surface area contributed by atoms with Gasteiger partial charge in [0.2, 0.25) is 5.78 Å². The van der Waals surface area contributed by atoms with Crippen molar-refractivity contribution >= 4 is 29.5 Å². The molecule has 0 aliphatic rings. The van der Waals surface area contributed by atoms with Crippen molar-refractivity contribution in [2.24, 2.45) is 0 Å². The van der Waals surface area contributed by atoms with E-state index < -0.39 is 0 Å². The smallest absolute Gasteiger partial charge is 0.202 e. The van der Waals surface area contributed by atoms with E-state index in [4.69, 9.17) is 0 Å². The number of benzene rings is 1. The van der Waals surface area contributed by atoms with Gasteiger partial charge >= 0.3 is 0 Å². The quantitative estimate of drug-likeness (QED) is 0.541. The van der Waals surface area contributed by atoms with Gasteiger partial charge in [0.15, 0.2) is 0 Å². The SMILES string of the molecule is CCCCN(CC)Cc1cc(C(=O)c2cccs2)cc(C(C)(C)C)c1O.Cl. The predicted octanol–water partition coefficient (Wildman–Crippen LogP) is 6.03. The highest BCUT2D eigenvalue weighted by Crippen LogP contribution is 2.36. The third-order valence-corrected chi connectivity index (χ3v) is 5.54. The number of nitrogens with zero attached hydrogens (tertiary/aromatic N) is 1. The number of aromatic hydroxyl groups is 1. The number of hydrogen-bond acceptors (Lipinski definition) is 4. The molecule has 150 valence electrons. The third kappa shape index (κ3) is 6.06. The predicted molar refractivity (Wildman–Crippen MR) is 118 cm³/mol. The molecule has 2 aromatic rings. The number of halogens is 1. The molecule has 0 atom stereocenters. The molecule has 27 heavy (non-hydrogen) atoms. The zero-order chi connectivity index (χ0) is 19.3. The number of carbonyl (C=O) groups excluding carboxylic acids is 1. The lowest BCUT2D eigenvalue weighted by Crippen LogP contribution is -2.25. The van der Waals surface area contributed by atoms with Crippen molar-refractivity contribution in [3.05, 3.63) is 51.2 Å². The van der Waals surface area contributed by atoms with Gasteiger partial charge in [-0.25, -0.2) is 0 Å². The Kier molecular flexibility index (Phi) is 9.00. The Hall–Kier alpha value is -1.36. The van der Waals surface area contributed by atoms with Crippen LogP contribution in [0.5, 0.6) is 5.75 Å². The zero-order valence-electron chi connectivity index (χ0n) is 17.0. The van der Waals surface area contributed by atoms with Crippen LogP contribution in [0.1, 0.15) is 73.8 Å². The van der Waals surface area contributed by atoms with E-state index in [-0.39, 0.29) is 23.6 Å². The van der Waals surface area contributed by atoms with Crippen LogP contribution in [0.4, 0.5) is 0 Å². The average molecular weight is 410 g/mol. The van der Waals surface area contributed by atoms with Crippen molar-refractivity contribution in [2.45, 2.75) is 59.4 Å². The first-order valence-electron chi connectivity index (χ1n) is 9.44. The monoisotopic (exact) mass is 409 g/mol. The molecule has 1 N–H and O–H groups in total. The van der Waals surface area contributed by atoms with Crippen LogP contribution >= 0.6 is 23.7 Å². The summed E-state index contributed by atoms with van der Waals surface area (Å²) in [5, 5.41) is 12.8. The number of unbranched alkanes of at least 4 members (excludes halogenated alkanes) is 1. The normalized spacial score (nSPS) is 11.5. The van der Waals surface area contributed by atoms with Gasteiger partial charge in [-0.3, -0.25) is 9.69 Å². The lowest BCUT2D eigenvalue weighted by molar-refractivity contribution is 0.104. The van der Waals surface area contributed by atoms with E-state index in [2.05, 4.69) is 39.5 Å². The highest BCUT2D eigenvalue weighted by molar-refractivity contribution is 7.12. The molecule has 1 heterocycles. The fraction of sp³-hybridized carbons (Fsp3) is 0.500. The Morgan fingerprint density at radius 1 is 1.22 bits per heavy atom. The van der Waals surface area contributed by atoms with E-state index in [1.54, 1.807) is 0 Å². The van der Waals surface area contributed by atoms with Crippen LogP contribution in [-0.4, -0.2) is 28.9 Å². The Morgan fingerprint density at radius 2 is 1.93 bits per heavy atom. The van der Waals surface area contributed by atoms with Gasteiger partial charge in [0.25, 0.3) is 0 Å². The summed E-state index contributed by atoms with van der Waals surface area (Å²) < 4.78 is 0. The Morgan fingerprint density at radius 3 is 2.44 bits per heavy atom. The highest BCUT2D eigenvalue weighted by atomic mass is 35.5. The van der Waals surface area contributed by atoms with E-state index in [1.165, 1.54) is 11.3 Å². The largest absolute Gasteiger partial charge is 0.507 e. The van der Waals surface area contributed by atoms with Crippen LogP contribution < -0.4 is 0 Å². The van der Waals surface area contributed by atoms with E-state index in [0.29, 0.717) is 17.9 Å². The second kappa shape index (κ2) is 10.3. The fourth-order valence-electron chi connectivity index (χ4n) is 3.04. The van der Waals surface area contributed by atoms with Gasteiger partial charge < -0.3 is 5.11 Å². The van der Waals surface area contributed by atoms with Crippen LogP contribution in [0.15, 0.2) is 29.6 Å². The summed E-state index contributed by atoms with van der Waals surface area (Å²) >= 11 is 1.46. The second-order valence-corrected chi connectivity index (χ2v) is 8.76.